The Labute approximate surface area is 255 Å². The minimum Gasteiger partial charge on any atom is -0.343 e. The summed E-state index contributed by atoms with van der Waals surface area (Å²) in [5.41, 5.74) is 0.596. The molecule has 226 valence electrons. The lowest BCUT2D eigenvalue weighted by atomic mass is 9.96. The molecule has 0 radical (unpaired) electrons. The fourth-order valence-electron chi connectivity index (χ4n) is 6.11. The lowest BCUT2D eigenvalue weighted by Crippen LogP contribution is -2.76. The van der Waals surface area contributed by atoms with Crippen molar-refractivity contribution in [3.63, 3.8) is 0 Å². The van der Waals surface area contributed by atoms with Crippen LogP contribution in [0.25, 0.3) is 0 Å². The maximum atomic E-state index is 14.2. The zero-order valence-electron chi connectivity index (χ0n) is 23.3. The van der Waals surface area contributed by atoms with Crippen molar-refractivity contribution in [1.29, 1.82) is 0 Å². The molecule has 5 rings (SSSR count). The first kappa shape index (κ1) is 30.7. The van der Waals surface area contributed by atoms with E-state index in [1.165, 1.54) is 47.4 Å². The summed E-state index contributed by atoms with van der Waals surface area (Å²) in [7, 11) is -4.35. The summed E-state index contributed by atoms with van der Waals surface area (Å²) in [5, 5.41) is 2.96. The van der Waals surface area contributed by atoms with Gasteiger partial charge in [0, 0.05) is 29.9 Å². The molecule has 3 atom stereocenters. The van der Waals surface area contributed by atoms with E-state index in [9.17, 15) is 27.2 Å². The normalized spacial score (nSPS) is 23.9. The summed E-state index contributed by atoms with van der Waals surface area (Å²) in [6.45, 7) is 3.22. The fraction of sp³-hybridized carbons (Fsp3) is 0.483. The lowest BCUT2D eigenvalue weighted by Gasteiger charge is -2.54. The Balaban J connectivity index is 1.59. The van der Waals surface area contributed by atoms with Crippen molar-refractivity contribution in [3.05, 3.63) is 63.9 Å². The molecule has 3 unspecified atom stereocenters. The van der Waals surface area contributed by atoms with Gasteiger partial charge in [0.25, 0.3) is 0 Å². The molecule has 3 aliphatic rings. The molecule has 2 aliphatic heterocycles. The van der Waals surface area contributed by atoms with Crippen LogP contribution in [0.5, 0.6) is 0 Å². The molecule has 3 fully saturated rings. The summed E-state index contributed by atoms with van der Waals surface area (Å²) in [5.74, 6) is -1.92. The molecule has 1 aliphatic carbocycles. The average molecular weight is 640 g/mol. The number of benzene rings is 2. The van der Waals surface area contributed by atoms with Crippen molar-refractivity contribution in [2.24, 2.45) is 5.92 Å². The molecule has 2 aromatic carbocycles. The van der Waals surface area contributed by atoms with Gasteiger partial charge in [-0.2, -0.15) is 4.31 Å². The van der Waals surface area contributed by atoms with Crippen LogP contribution >= 0.6 is 23.2 Å². The Morgan fingerprint density at radius 3 is 2.31 bits per heavy atom. The largest absolute Gasteiger partial charge is 0.343 e. The number of amides is 3. The number of carbonyl (C=O) groups excluding carboxylic acids is 3. The first-order valence-electron chi connectivity index (χ1n) is 14.0. The van der Waals surface area contributed by atoms with Gasteiger partial charge >= 0.3 is 0 Å². The molecule has 0 spiro atoms. The Hall–Kier alpha value is -2.73. The van der Waals surface area contributed by atoms with E-state index in [-0.39, 0.29) is 58.2 Å². The number of halogens is 3. The van der Waals surface area contributed by atoms with Crippen molar-refractivity contribution < 1.29 is 27.2 Å². The molecule has 2 saturated heterocycles. The van der Waals surface area contributed by atoms with Crippen LogP contribution in [-0.2, 0) is 30.8 Å². The minimum absolute atomic E-state index is 0.0312. The van der Waals surface area contributed by atoms with E-state index >= 15 is 0 Å². The number of carbonyl (C=O) groups is 3. The number of fused-ring (bicyclic) bond motifs is 1. The van der Waals surface area contributed by atoms with E-state index in [1.807, 2.05) is 13.8 Å². The van der Waals surface area contributed by atoms with Crippen molar-refractivity contribution in [2.45, 2.75) is 75.1 Å². The number of rotatable bonds is 7. The van der Waals surface area contributed by atoms with Crippen LogP contribution in [0.1, 0.15) is 45.1 Å². The monoisotopic (exact) mass is 638 g/mol. The predicted octanol–water partition coefficient (Wildman–Crippen LogP) is 3.83. The van der Waals surface area contributed by atoms with Gasteiger partial charge in [-0.25, -0.2) is 12.8 Å². The van der Waals surface area contributed by atoms with Gasteiger partial charge in [0.2, 0.25) is 27.7 Å². The second-order valence-corrected chi connectivity index (χ2v) is 14.1. The van der Waals surface area contributed by atoms with Gasteiger partial charge in [-0.05, 0) is 62.6 Å². The summed E-state index contributed by atoms with van der Waals surface area (Å²) < 4.78 is 43.3. The highest BCUT2D eigenvalue weighted by Crippen LogP contribution is 2.35. The van der Waals surface area contributed by atoms with Crippen LogP contribution < -0.4 is 5.32 Å². The molecule has 42 heavy (non-hydrogen) atoms. The molecule has 0 aromatic heterocycles. The molecule has 0 bridgehead atoms. The van der Waals surface area contributed by atoms with Gasteiger partial charge in [0.05, 0.1) is 11.6 Å². The minimum atomic E-state index is -4.35. The predicted molar refractivity (Wildman–Crippen MR) is 156 cm³/mol. The maximum absolute atomic E-state index is 14.2. The maximum Gasteiger partial charge on any atom is 0.248 e. The number of piperazine rings is 1. The quantitative estimate of drug-likeness (QED) is 0.496. The molecule has 2 heterocycles. The number of hydrogen-bond acceptors (Lipinski definition) is 5. The van der Waals surface area contributed by atoms with Crippen molar-refractivity contribution in [1.82, 2.24) is 19.4 Å². The van der Waals surface area contributed by atoms with Gasteiger partial charge in [-0.1, -0.05) is 48.2 Å². The molecular weight excluding hydrogens is 606 g/mol. The van der Waals surface area contributed by atoms with Crippen molar-refractivity contribution >= 4 is 50.9 Å². The van der Waals surface area contributed by atoms with Gasteiger partial charge in [0.15, 0.2) is 0 Å². The smallest absolute Gasteiger partial charge is 0.248 e. The molecule has 9 nitrogen and oxygen atoms in total. The first-order chi connectivity index (χ1) is 19.9. The third-order valence-electron chi connectivity index (χ3n) is 8.32. The standard InChI is InChI=1S/C29H33Cl2FN4O5S/c1-17(2)34-16-26-35(42(40,41)25-12-9-20(30)14-22(25)31)15-23(33-27(37)19-5-3-4-6-19)28(38)36(26)24(29(34)39)13-18-7-10-21(32)11-8-18/h7-12,14,17,19,23-24,26H,3-6,13,15-16H2,1-2H3,(H,33,37). The van der Waals surface area contributed by atoms with E-state index < -0.39 is 40.0 Å². The van der Waals surface area contributed by atoms with Crippen LogP contribution in [-0.4, -0.2) is 77.6 Å². The topological polar surface area (TPSA) is 107 Å². The molecule has 13 heteroatoms. The number of sulfonamides is 1. The molecule has 3 amide bonds. The van der Waals surface area contributed by atoms with E-state index in [4.69, 9.17) is 23.2 Å². The summed E-state index contributed by atoms with van der Waals surface area (Å²) in [6, 6.07) is 7.02. The average Bonchev–Trinajstić information content (AvgIpc) is 3.47. The Morgan fingerprint density at radius 2 is 1.69 bits per heavy atom. The third kappa shape index (κ3) is 5.89. The van der Waals surface area contributed by atoms with E-state index in [0.29, 0.717) is 18.4 Å². The van der Waals surface area contributed by atoms with Gasteiger partial charge in [0.1, 0.15) is 29.0 Å². The van der Waals surface area contributed by atoms with Gasteiger partial charge < -0.3 is 15.1 Å². The van der Waals surface area contributed by atoms with E-state index in [2.05, 4.69) is 5.32 Å². The Bertz CT molecular complexity index is 1480. The van der Waals surface area contributed by atoms with Crippen LogP contribution in [0.15, 0.2) is 47.4 Å². The highest BCUT2D eigenvalue weighted by Gasteiger charge is 2.54. The number of nitrogens with one attached hydrogen (secondary N) is 1. The zero-order chi connectivity index (χ0) is 30.3. The van der Waals surface area contributed by atoms with Crippen LogP contribution in [0.2, 0.25) is 10.0 Å². The molecule has 1 saturated carbocycles. The SMILES string of the molecule is CC(C)N1CC2N(C(=O)C(NC(=O)C3CCCC3)CN2S(=O)(=O)c2ccc(Cl)cc2Cl)C(Cc2ccc(F)cc2)C1=O. The van der Waals surface area contributed by atoms with Crippen LogP contribution in [0.3, 0.4) is 0 Å². The Kier molecular flexibility index (Phi) is 8.85. The zero-order valence-corrected chi connectivity index (χ0v) is 25.6. The number of hydrogen-bond donors (Lipinski definition) is 1. The van der Waals surface area contributed by atoms with Crippen molar-refractivity contribution in [2.75, 3.05) is 13.1 Å². The van der Waals surface area contributed by atoms with E-state index in [0.717, 1.165) is 17.1 Å². The Morgan fingerprint density at radius 1 is 1.02 bits per heavy atom. The summed E-state index contributed by atoms with van der Waals surface area (Å²) in [6.07, 6.45) is 2.15. The summed E-state index contributed by atoms with van der Waals surface area (Å²) >= 11 is 12.4. The molecular formula is C29H33Cl2FN4O5S. The van der Waals surface area contributed by atoms with Crippen LogP contribution in [0, 0.1) is 11.7 Å². The first-order valence-corrected chi connectivity index (χ1v) is 16.2. The molecule has 2 aromatic rings. The second kappa shape index (κ2) is 12.1. The van der Waals surface area contributed by atoms with Crippen LogP contribution in [0.4, 0.5) is 4.39 Å². The lowest BCUT2D eigenvalue weighted by molar-refractivity contribution is -0.169. The summed E-state index contributed by atoms with van der Waals surface area (Å²) in [4.78, 5) is 43.8. The fourth-order valence-corrected chi connectivity index (χ4v) is 8.44. The third-order valence-corrected chi connectivity index (χ3v) is 10.9. The highest BCUT2D eigenvalue weighted by atomic mass is 35.5. The highest BCUT2D eigenvalue weighted by molar-refractivity contribution is 7.89. The van der Waals surface area contributed by atoms with Gasteiger partial charge in [-0.15, -0.1) is 0 Å². The number of nitrogens with zero attached hydrogens (tertiary/aromatic N) is 3. The second-order valence-electron chi connectivity index (χ2n) is 11.3. The van der Waals surface area contributed by atoms with Gasteiger partial charge in [-0.3, -0.25) is 14.4 Å². The van der Waals surface area contributed by atoms with E-state index in [1.54, 1.807) is 4.90 Å². The van der Waals surface area contributed by atoms with Crippen molar-refractivity contribution in [3.8, 4) is 0 Å². The molecule has 1 N–H and O–H groups in total.